The fraction of sp³-hybridized carbons (Fsp3) is 0.333. The molecule has 1 nitrogen and oxygen atoms in total. The summed E-state index contributed by atoms with van der Waals surface area (Å²) in [7, 11) is 1.92. The molecule has 0 aliphatic carbocycles. The second-order valence-corrected chi connectivity index (χ2v) is 3.72. The standard InChI is InChI=1S/C12H15ClFN/c1-15-8-4-2-3-5-10-6-7-11(13)12(14)9-10/h2-3,6-7,9,15H,4-5,8H2,1H3/b3-2+. The molecule has 0 spiro atoms. The number of allylic oxidation sites excluding steroid dienone is 1. The lowest BCUT2D eigenvalue weighted by atomic mass is 10.1. The summed E-state index contributed by atoms with van der Waals surface area (Å²) in [4.78, 5) is 0. The first-order chi connectivity index (χ1) is 7.24. The third kappa shape index (κ3) is 4.45. The van der Waals surface area contributed by atoms with Crippen molar-refractivity contribution in [3.05, 3.63) is 46.8 Å². The summed E-state index contributed by atoms with van der Waals surface area (Å²) < 4.78 is 13.0. The van der Waals surface area contributed by atoms with Crippen LogP contribution < -0.4 is 5.32 Å². The Morgan fingerprint density at radius 3 is 2.87 bits per heavy atom. The first-order valence-corrected chi connectivity index (χ1v) is 5.35. The topological polar surface area (TPSA) is 12.0 Å². The van der Waals surface area contributed by atoms with Gasteiger partial charge in [0.05, 0.1) is 5.02 Å². The van der Waals surface area contributed by atoms with Gasteiger partial charge in [-0.05, 0) is 44.1 Å². The Balaban J connectivity index is 2.44. The van der Waals surface area contributed by atoms with Crippen molar-refractivity contribution in [2.75, 3.05) is 13.6 Å². The zero-order valence-corrected chi connectivity index (χ0v) is 9.52. The van der Waals surface area contributed by atoms with E-state index < -0.39 is 0 Å². The Morgan fingerprint density at radius 2 is 2.20 bits per heavy atom. The maximum absolute atomic E-state index is 13.0. The van der Waals surface area contributed by atoms with Gasteiger partial charge in [0.2, 0.25) is 0 Å². The Hall–Kier alpha value is -0.860. The minimum atomic E-state index is -0.349. The molecule has 0 saturated heterocycles. The van der Waals surface area contributed by atoms with E-state index in [2.05, 4.69) is 11.4 Å². The van der Waals surface area contributed by atoms with Crippen LogP contribution in [0.15, 0.2) is 30.4 Å². The molecule has 0 aliphatic heterocycles. The van der Waals surface area contributed by atoms with Gasteiger partial charge in [0.15, 0.2) is 0 Å². The van der Waals surface area contributed by atoms with Crippen molar-refractivity contribution in [3.8, 4) is 0 Å². The monoisotopic (exact) mass is 227 g/mol. The predicted molar refractivity (Wildman–Crippen MR) is 62.8 cm³/mol. The fourth-order valence-corrected chi connectivity index (χ4v) is 1.35. The minimum Gasteiger partial charge on any atom is -0.319 e. The van der Waals surface area contributed by atoms with E-state index in [1.807, 2.05) is 19.2 Å². The summed E-state index contributed by atoms with van der Waals surface area (Å²) in [6, 6.07) is 4.91. The minimum absolute atomic E-state index is 0.179. The molecule has 0 unspecified atom stereocenters. The number of hydrogen-bond donors (Lipinski definition) is 1. The third-order valence-electron chi connectivity index (χ3n) is 2.07. The molecule has 15 heavy (non-hydrogen) atoms. The molecular weight excluding hydrogens is 213 g/mol. The van der Waals surface area contributed by atoms with Crippen LogP contribution in [-0.2, 0) is 6.42 Å². The second kappa shape index (κ2) is 6.59. The lowest BCUT2D eigenvalue weighted by Crippen LogP contribution is -2.05. The van der Waals surface area contributed by atoms with E-state index in [0.717, 1.165) is 24.9 Å². The number of rotatable bonds is 5. The van der Waals surface area contributed by atoms with E-state index in [4.69, 9.17) is 11.6 Å². The average molecular weight is 228 g/mol. The first kappa shape index (κ1) is 12.2. The molecule has 1 aromatic carbocycles. The molecule has 0 saturated carbocycles. The van der Waals surface area contributed by atoms with Crippen LogP contribution >= 0.6 is 11.6 Å². The molecule has 0 radical (unpaired) electrons. The molecule has 1 rings (SSSR count). The molecule has 3 heteroatoms. The van der Waals surface area contributed by atoms with Gasteiger partial charge in [-0.2, -0.15) is 0 Å². The molecule has 0 aliphatic rings. The fourth-order valence-electron chi connectivity index (χ4n) is 1.23. The zero-order chi connectivity index (χ0) is 11.1. The number of benzene rings is 1. The van der Waals surface area contributed by atoms with Crippen LogP contribution in [0.1, 0.15) is 12.0 Å². The summed E-state index contributed by atoms with van der Waals surface area (Å²) in [5.41, 5.74) is 0.942. The third-order valence-corrected chi connectivity index (χ3v) is 2.37. The van der Waals surface area contributed by atoms with Gasteiger partial charge in [-0.15, -0.1) is 0 Å². The SMILES string of the molecule is CNCC/C=C/Cc1ccc(Cl)c(F)c1. The number of hydrogen-bond acceptors (Lipinski definition) is 1. The van der Waals surface area contributed by atoms with Gasteiger partial charge in [-0.1, -0.05) is 29.8 Å². The van der Waals surface area contributed by atoms with Crippen LogP contribution in [0, 0.1) is 5.82 Å². The maximum atomic E-state index is 13.0. The van der Waals surface area contributed by atoms with Crippen LogP contribution in [0.3, 0.4) is 0 Å². The molecule has 1 N–H and O–H groups in total. The summed E-state index contributed by atoms with van der Waals surface area (Å²) in [5.74, 6) is -0.349. The lowest BCUT2D eigenvalue weighted by Gasteiger charge is -1.98. The Bertz CT molecular complexity index is 336. The van der Waals surface area contributed by atoms with Crippen LogP contribution in [0.2, 0.25) is 5.02 Å². The van der Waals surface area contributed by atoms with Crippen molar-refractivity contribution >= 4 is 11.6 Å². The summed E-state index contributed by atoms with van der Waals surface area (Å²) in [6.45, 7) is 0.964. The van der Waals surface area contributed by atoms with E-state index in [-0.39, 0.29) is 10.8 Å². The normalized spacial score (nSPS) is 11.1. The van der Waals surface area contributed by atoms with Crippen LogP contribution in [-0.4, -0.2) is 13.6 Å². The van der Waals surface area contributed by atoms with Gasteiger partial charge < -0.3 is 5.32 Å². The molecule has 0 amide bonds. The summed E-state index contributed by atoms with van der Waals surface area (Å²) >= 11 is 5.58. The molecule has 0 fully saturated rings. The zero-order valence-electron chi connectivity index (χ0n) is 8.76. The molecule has 82 valence electrons. The maximum Gasteiger partial charge on any atom is 0.142 e. The van der Waals surface area contributed by atoms with Crippen LogP contribution in [0.25, 0.3) is 0 Å². The Labute approximate surface area is 95.0 Å². The molecule has 0 aromatic heterocycles. The molecule has 0 heterocycles. The Morgan fingerprint density at radius 1 is 1.40 bits per heavy atom. The molecular formula is C12H15ClFN. The highest BCUT2D eigenvalue weighted by Crippen LogP contribution is 2.15. The van der Waals surface area contributed by atoms with Gasteiger partial charge >= 0.3 is 0 Å². The van der Waals surface area contributed by atoms with E-state index in [0.29, 0.717) is 0 Å². The quantitative estimate of drug-likeness (QED) is 0.602. The highest BCUT2D eigenvalue weighted by Gasteiger charge is 1.98. The number of halogens is 2. The van der Waals surface area contributed by atoms with Crippen molar-refractivity contribution in [1.29, 1.82) is 0 Å². The number of nitrogens with one attached hydrogen (secondary N) is 1. The van der Waals surface area contributed by atoms with Crippen molar-refractivity contribution in [2.24, 2.45) is 0 Å². The van der Waals surface area contributed by atoms with Gasteiger partial charge in [-0.3, -0.25) is 0 Å². The predicted octanol–water partition coefficient (Wildman–Crippen LogP) is 3.19. The van der Waals surface area contributed by atoms with E-state index in [1.165, 1.54) is 6.07 Å². The van der Waals surface area contributed by atoms with E-state index in [1.54, 1.807) is 6.07 Å². The van der Waals surface area contributed by atoms with Crippen molar-refractivity contribution in [3.63, 3.8) is 0 Å². The molecule has 0 bridgehead atoms. The van der Waals surface area contributed by atoms with Crippen molar-refractivity contribution in [2.45, 2.75) is 12.8 Å². The van der Waals surface area contributed by atoms with Gasteiger partial charge in [-0.25, -0.2) is 4.39 Å². The van der Waals surface area contributed by atoms with Gasteiger partial charge in [0, 0.05) is 0 Å². The van der Waals surface area contributed by atoms with Gasteiger partial charge in [0.25, 0.3) is 0 Å². The second-order valence-electron chi connectivity index (χ2n) is 3.32. The average Bonchev–Trinajstić information content (AvgIpc) is 2.23. The largest absolute Gasteiger partial charge is 0.319 e. The smallest absolute Gasteiger partial charge is 0.142 e. The van der Waals surface area contributed by atoms with E-state index >= 15 is 0 Å². The summed E-state index contributed by atoms with van der Waals surface area (Å²) in [6.07, 6.45) is 5.87. The van der Waals surface area contributed by atoms with Crippen molar-refractivity contribution < 1.29 is 4.39 Å². The summed E-state index contributed by atoms with van der Waals surface area (Å²) in [5, 5.41) is 3.23. The Kier molecular flexibility index (Phi) is 5.37. The lowest BCUT2D eigenvalue weighted by molar-refractivity contribution is 0.626. The van der Waals surface area contributed by atoms with E-state index in [9.17, 15) is 4.39 Å². The van der Waals surface area contributed by atoms with Crippen LogP contribution in [0.5, 0.6) is 0 Å². The van der Waals surface area contributed by atoms with Gasteiger partial charge in [0.1, 0.15) is 5.82 Å². The molecule has 0 atom stereocenters. The first-order valence-electron chi connectivity index (χ1n) is 4.97. The highest BCUT2D eigenvalue weighted by molar-refractivity contribution is 6.30. The van der Waals surface area contributed by atoms with Crippen LogP contribution in [0.4, 0.5) is 4.39 Å². The van der Waals surface area contributed by atoms with Crippen molar-refractivity contribution in [1.82, 2.24) is 5.32 Å². The highest BCUT2D eigenvalue weighted by atomic mass is 35.5. The molecule has 1 aromatic rings.